The van der Waals surface area contributed by atoms with Gasteiger partial charge in [-0.05, 0) is 12.3 Å². The Kier molecular flexibility index (Phi) is 17.4. The van der Waals surface area contributed by atoms with Crippen molar-refractivity contribution in [3.8, 4) is 0 Å². The molecule has 0 aliphatic carbocycles. The zero-order chi connectivity index (χ0) is 15.6. The molecular formula is C20H40O. The van der Waals surface area contributed by atoms with Crippen molar-refractivity contribution in [1.29, 1.82) is 0 Å². The van der Waals surface area contributed by atoms with Crippen LogP contribution in [0.5, 0.6) is 0 Å². The predicted molar refractivity (Wildman–Crippen MR) is 94.8 cm³/mol. The normalized spacial score (nSPS) is 12.5. The van der Waals surface area contributed by atoms with E-state index in [2.05, 4.69) is 13.8 Å². The van der Waals surface area contributed by atoms with E-state index in [1.54, 1.807) is 0 Å². The smallest absolute Gasteiger partial charge is 0.119 e. The third kappa shape index (κ3) is 17.6. The molecule has 1 unspecified atom stereocenters. The molecule has 1 heteroatoms. The largest absolute Gasteiger partial charge is 0.303 e. The summed E-state index contributed by atoms with van der Waals surface area (Å²) >= 11 is 0. The molecule has 0 saturated heterocycles. The Hall–Kier alpha value is -0.330. The van der Waals surface area contributed by atoms with Gasteiger partial charge in [-0.3, -0.25) is 0 Å². The summed E-state index contributed by atoms with van der Waals surface area (Å²) < 4.78 is 0. The van der Waals surface area contributed by atoms with E-state index in [0.29, 0.717) is 0 Å². The second kappa shape index (κ2) is 17.7. The van der Waals surface area contributed by atoms with Crippen LogP contribution in [0.15, 0.2) is 0 Å². The lowest BCUT2D eigenvalue weighted by Crippen LogP contribution is -1.91. The highest BCUT2D eigenvalue weighted by atomic mass is 16.1. The molecule has 21 heavy (non-hydrogen) atoms. The Labute approximate surface area is 134 Å². The Morgan fingerprint density at radius 3 is 1.43 bits per heavy atom. The van der Waals surface area contributed by atoms with Crippen LogP contribution in [-0.2, 0) is 4.79 Å². The van der Waals surface area contributed by atoms with Crippen LogP contribution in [0, 0.1) is 5.92 Å². The molecule has 126 valence electrons. The fourth-order valence-electron chi connectivity index (χ4n) is 2.87. The lowest BCUT2D eigenvalue weighted by molar-refractivity contribution is -0.107. The zero-order valence-electron chi connectivity index (χ0n) is 14.9. The monoisotopic (exact) mass is 296 g/mol. The first-order valence-electron chi connectivity index (χ1n) is 9.74. The summed E-state index contributed by atoms with van der Waals surface area (Å²) in [6.07, 6.45) is 22.6. The fraction of sp³-hybridized carbons (Fsp3) is 0.950. The van der Waals surface area contributed by atoms with E-state index < -0.39 is 0 Å². The minimum atomic E-state index is 0.761. The topological polar surface area (TPSA) is 17.1 Å². The first kappa shape index (κ1) is 20.7. The van der Waals surface area contributed by atoms with E-state index in [-0.39, 0.29) is 0 Å². The van der Waals surface area contributed by atoms with Gasteiger partial charge in [0.25, 0.3) is 0 Å². The summed E-state index contributed by atoms with van der Waals surface area (Å²) in [5, 5.41) is 0. The van der Waals surface area contributed by atoms with E-state index in [9.17, 15) is 4.79 Å². The lowest BCUT2D eigenvalue weighted by atomic mass is 9.99. The molecule has 0 aromatic carbocycles. The first-order valence-corrected chi connectivity index (χ1v) is 9.74. The number of aldehydes is 1. The van der Waals surface area contributed by atoms with Gasteiger partial charge in [0.05, 0.1) is 0 Å². The molecule has 0 radical (unpaired) electrons. The minimum Gasteiger partial charge on any atom is -0.303 e. The third-order valence-electron chi connectivity index (χ3n) is 4.72. The Morgan fingerprint density at radius 2 is 1.05 bits per heavy atom. The van der Waals surface area contributed by atoms with Crippen molar-refractivity contribution in [3.63, 3.8) is 0 Å². The lowest BCUT2D eigenvalue weighted by Gasteiger charge is -2.07. The Morgan fingerprint density at radius 1 is 0.667 bits per heavy atom. The Balaban J connectivity index is 2.98. The van der Waals surface area contributed by atoms with Crippen LogP contribution >= 0.6 is 0 Å². The van der Waals surface area contributed by atoms with Crippen molar-refractivity contribution in [2.24, 2.45) is 5.92 Å². The van der Waals surface area contributed by atoms with Crippen molar-refractivity contribution in [2.45, 2.75) is 117 Å². The fourth-order valence-corrected chi connectivity index (χ4v) is 2.87. The molecular weight excluding hydrogens is 256 g/mol. The third-order valence-corrected chi connectivity index (χ3v) is 4.72. The molecule has 0 saturated carbocycles. The molecule has 0 aromatic rings. The van der Waals surface area contributed by atoms with Crippen LogP contribution in [0.3, 0.4) is 0 Å². The number of carbonyl (C=O) groups is 1. The molecule has 0 heterocycles. The van der Waals surface area contributed by atoms with E-state index in [1.807, 2.05) is 0 Å². The number of rotatable bonds is 17. The molecule has 0 aromatic heterocycles. The van der Waals surface area contributed by atoms with Gasteiger partial charge in [-0.15, -0.1) is 0 Å². The van der Waals surface area contributed by atoms with Crippen molar-refractivity contribution in [3.05, 3.63) is 0 Å². The maximum absolute atomic E-state index is 10.2. The maximum Gasteiger partial charge on any atom is 0.119 e. The summed E-state index contributed by atoms with van der Waals surface area (Å²) in [5.74, 6) is 0.934. The molecule has 0 aliphatic rings. The molecule has 0 rings (SSSR count). The average molecular weight is 297 g/mol. The van der Waals surface area contributed by atoms with Crippen LogP contribution in [0.4, 0.5) is 0 Å². The standard InChI is InChI=1S/C20H40O/c1-3-20(2)18-16-14-12-10-8-6-4-5-7-9-11-13-15-17-19-21/h19-20H,3-18H2,1-2H3. The molecule has 0 amide bonds. The summed E-state index contributed by atoms with van der Waals surface area (Å²) in [6, 6.07) is 0. The molecule has 0 fully saturated rings. The van der Waals surface area contributed by atoms with Crippen molar-refractivity contribution in [1.82, 2.24) is 0 Å². The molecule has 0 spiro atoms. The highest BCUT2D eigenvalue weighted by Crippen LogP contribution is 2.15. The minimum absolute atomic E-state index is 0.761. The van der Waals surface area contributed by atoms with E-state index in [0.717, 1.165) is 25.0 Å². The highest BCUT2D eigenvalue weighted by molar-refractivity contribution is 5.48. The van der Waals surface area contributed by atoms with Gasteiger partial charge in [0.2, 0.25) is 0 Å². The number of hydrogen-bond donors (Lipinski definition) is 0. The quantitative estimate of drug-likeness (QED) is 0.207. The van der Waals surface area contributed by atoms with Crippen LogP contribution in [0.2, 0.25) is 0 Å². The first-order chi connectivity index (χ1) is 10.3. The van der Waals surface area contributed by atoms with Gasteiger partial charge >= 0.3 is 0 Å². The Bertz CT molecular complexity index is 200. The van der Waals surface area contributed by atoms with Crippen molar-refractivity contribution >= 4 is 6.29 Å². The second-order valence-electron chi connectivity index (χ2n) is 6.85. The number of carbonyl (C=O) groups excluding carboxylic acids is 1. The van der Waals surface area contributed by atoms with Gasteiger partial charge in [-0.1, -0.05) is 104 Å². The molecule has 0 N–H and O–H groups in total. The van der Waals surface area contributed by atoms with Crippen LogP contribution < -0.4 is 0 Å². The van der Waals surface area contributed by atoms with Gasteiger partial charge < -0.3 is 4.79 Å². The van der Waals surface area contributed by atoms with Gasteiger partial charge in [-0.25, -0.2) is 0 Å². The molecule has 1 nitrogen and oxygen atoms in total. The highest BCUT2D eigenvalue weighted by Gasteiger charge is 1.98. The van der Waals surface area contributed by atoms with E-state index >= 15 is 0 Å². The summed E-state index contributed by atoms with van der Waals surface area (Å²) in [4.78, 5) is 10.2. The van der Waals surface area contributed by atoms with E-state index in [4.69, 9.17) is 0 Å². The number of hydrogen-bond acceptors (Lipinski definition) is 1. The van der Waals surface area contributed by atoms with Crippen LogP contribution in [0.1, 0.15) is 117 Å². The maximum atomic E-state index is 10.2. The predicted octanol–water partition coefficient (Wildman–Crippen LogP) is 7.08. The summed E-state index contributed by atoms with van der Waals surface area (Å²) in [6.45, 7) is 4.68. The average Bonchev–Trinajstić information content (AvgIpc) is 2.50. The van der Waals surface area contributed by atoms with Crippen LogP contribution in [0.25, 0.3) is 0 Å². The van der Waals surface area contributed by atoms with Crippen molar-refractivity contribution in [2.75, 3.05) is 0 Å². The summed E-state index contributed by atoms with van der Waals surface area (Å²) in [5.41, 5.74) is 0. The second-order valence-corrected chi connectivity index (χ2v) is 6.85. The molecule has 0 bridgehead atoms. The van der Waals surface area contributed by atoms with Crippen molar-refractivity contribution < 1.29 is 4.79 Å². The van der Waals surface area contributed by atoms with E-state index in [1.165, 1.54) is 89.9 Å². The van der Waals surface area contributed by atoms with Crippen LogP contribution in [-0.4, -0.2) is 6.29 Å². The zero-order valence-corrected chi connectivity index (χ0v) is 14.9. The van der Waals surface area contributed by atoms with Gasteiger partial charge in [-0.2, -0.15) is 0 Å². The van der Waals surface area contributed by atoms with Gasteiger partial charge in [0.1, 0.15) is 6.29 Å². The molecule has 0 aliphatic heterocycles. The SMILES string of the molecule is CCC(C)CCCCCCCCCCCCCCCC=O. The summed E-state index contributed by atoms with van der Waals surface area (Å²) in [7, 11) is 0. The van der Waals surface area contributed by atoms with Gasteiger partial charge in [0.15, 0.2) is 0 Å². The van der Waals surface area contributed by atoms with Gasteiger partial charge in [0, 0.05) is 6.42 Å². The molecule has 1 atom stereocenters. The number of unbranched alkanes of at least 4 members (excludes halogenated alkanes) is 13.